The number of phenolic OH excluding ortho intramolecular Hbond substituents is 1. The zero-order chi connectivity index (χ0) is 13.1. The van der Waals surface area contributed by atoms with Crippen molar-refractivity contribution in [3.05, 3.63) is 58.7 Å². The maximum atomic E-state index is 9.70. The monoisotopic (exact) mass is 239 g/mol. The minimum Gasteiger partial charge on any atom is -0.507 e. The van der Waals surface area contributed by atoms with Crippen LogP contribution in [0.2, 0.25) is 0 Å². The number of aromatic hydroxyl groups is 1. The Balaban J connectivity index is 2.26. The average Bonchev–Trinajstić information content (AvgIpc) is 2.35. The molecule has 0 aliphatic heterocycles. The SMILES string of the molecule is Cc1ccc(N=Cc2cc(C)c(O)c(C)c2)cc1. The number of hydrogen-bond donors (Lipinski definition) is 1. The van der Waals surface area contributed by atoms with Gasteiger partial charge in [-0.15, -0.1) is 0 Å². The molecule has 0 saturated carbocycles. The van der Waals surface area contributed by atoms with Crippen molar-refractivity contribution in [2.75, 3.05) is 0 Å². The summed E-state index contributed by atoms with van der Waals surface area (Å²) in [6.07, 6.45) is 1.82. The van der Waals surface area contributed by atoms with Gasteiger partial charge in [0, 0.05) is 6.21 Å². The molecule has 0 saturated heterocycles. The van der Waals surface area contributed by atoms with E-state index in [1.165, 1.54) is 5.56 Å². The molecule has 0 aliphatic carbocycles. The third-order valence-corrected chi connectivity index (χ3v) is 2.91. The number of aliphatic imine (C=N–C) groups is 1. The molecule has 92 valence electrons. The molecule has 0 heterocycles. The maximum Gasteiger partial charge on any atom is 0.121 e. The minimum atomic E-state index is 0.363. The second-order valence-electron chi connectivity index (χ2n) is 4.60. The van der Waals surface area contributed by atoms with E-state index in [0.717, 1.165) is 22.4 Å². The van der Waals surface area contributed by atoms with Gasteiger partial charge in [0.1, 0.15) is 5.75 Å². The maximum absolute atomic E-state index is 9.70. The summed E-state index contributed by atoms with van der Waals surface area (Å²) in [5, 5.41) is 9.70. The first-order valence-corrected chi connectivity index (χ1v) is 5.97. The van der Waals surface area contributed by atoms with E-state index in [1.54, 1.807) is 0 Å². The van der Waals surface area contributed by atoms with Gasteiger partial charge in [0.15, 0.2) is 0 Å². The number of benzene rings is 2. The van der Waals surface area contributed by atoms with Crippen molar-refractivity contribution in [1.29, 1.82) is 0 Å². The highest BCUT2D eigenvalue weighted by Gasteiger charge is 2.01. The fourth-order valence-electron chi connectivity index (χ4n) is 1.84. The summed E-state index contributed by atoms with van der Waals surface area (Å²) in [5.74, 6) is 0.363. The van der Waals surface area contributed by atoms with Crippen LogP contribution in [-0.4, -0.2) is 11.3 Å². The molecule has 2 aromatic rings. The van der Waals surface area contributed by atoms with Crippen LogP contribution in [0, 0.1) is 20.8 Å². The molecule has 0 aliphatic rings. The summed E-state index contributed by atoms with van der Waals surface area (Å²) < 4.78 is 0. The molecule has 0 atom stereocenters. The normalized spacial score (nSPS) is 11.1. The van der Waals surface area contributed by atoms with Crippen LogP contribution in [0.4, 0.5) is 5.69 Å². The van der Waals surface area contributed by atoms with Crippen LogP contribution in [0.3, 0.4) is 0 Å². The van der Waals surface area contributed by atoms with Crippen LogP contribution in [0.15, 0.2) is 41.4 Å². The molecule has 2 heteroatoms. The van der Waals surface area contributed by atoms with Crippen molar-refractivity contribution in [3.63, 3.8) is 0 Å². The Hall–Kier alpha value is -2.09. The van der Waals surface area contributed by atoms with Crippen molar-refractivity contribution >= 4 is 11.9 Å². The van der Waals surface area contributed by atoms with Gasteiger partial charge in [-0.05, 0) is 61.7 Å². The van der Waals surface area contributed by atoms with Gasteiger partial charge in [-0.2, -0.15) is 0 Å². The summed E-state index contributed by atoms with van der Waals surface area (Å²) in [4.78, 5) is 4.42. The van der Waals surface area contributed by atoms with Crippen molar-refractivity contribution in [2.24, 2.45) is 4.99 Å². The van der Waals surface area contributed by atoms with E-state index in [2.05, 4.69) is 11.9 Å². The molecule has 1 N–H and O–H groups in total. The topological polar surface area (TPSA) is 32.6 Å². The molecule has 2 nitrogen and oxygen atoms in total. The van der Waals surface area contributed by atoms with Crippen molar-refractivity contribution in [2.45, 2.75) is 20.8 Å². The predicted molar refractivity (Wildman–Crippen MR) is 76.0 cm³/mol. The predicted octanol–water partition coefficient (Wildman–Crippen LogP) is 4.07. The van der Waals surface area contributed by atoms with Crippen LogP contribution in [0.1, 0.15) is 22.3 Å². The first-order valence-electron chi connectivity index (χ1n) is 5.97. The molecule has 18 heavy (non-hydrogen) atoms. The van der Waals surface area contributed by atoms with Gasteiger partial charge in [0.25, 0.3) is 0 Å². The quantitative estimate of drug-likeness (QED) is 0.787. The van der Waals surface area contributed by atoms with E-state index < -0.39 is 0 Å². The standard InChI is InChI=1S/C16H17NO/c1-11-4-6-15(7-5-11)17-10-14-8-12(2)16(18)13(3)9-14/h4-10,18H,1-3H3. The Bertz CT molecular complexity index is 560. The highest BCUT2D eigenvalue weighted by molar-refractivity contribution is 5.83. The lowest BCUT2D eigenvalue weighted by molar-refractivity contribution is 0.467. The summed E-state index contributed by atoms with van der Waals surface area (Å²) in [7, 11) is 0. The van der Waals surface area contributed by atoms with Crippen LogP contribution in [-0.2, 0) is 0 Å². The fraction of sp³-hybridized carbons (Fsp3) is 0.188. The second kappa shape index (κ2) is 5.05. The Kier molecular flexibility index (Phi) is 3.47. The zero-order valence-corrected chi connectivity index (χ0v) is 10.9. The number of aryl methyl sites for hydroxylation is 3. The molecule has 0 spiro atoms. The Morgan fingerprint density at radius 1 is 0.944 bits per heavy atom. The number of rotatable bonds is 2. The van der Waals surface area contributed by atoms with E-state index in [4.69, 9.17) is 0 Å². The zero-order valence-electron chi connectivity index (χ0n) is 10.9. The third-order valence-electron chi connectivity index (χ3n) is 2.91. The summed E-state index contributed by atoms with van der Waals surface area (Å²) in [6.45, 7) is 5.84. The Labute approximate surface area is 108 Å². The largest absolute Gasteiger partial charge is 0.507 e. The lowest BCUT2D eigenvalue weighted by atomic mass is 10.1. The summed E-state index contributed by atoms with van der Waals surface area (Å²) in [6, 6.07) is 11.9. The molecule has 0 amide bonds. The molecule has 0 bridgehead atoms. The van der Waals surface area contributed by atoms with E-state index in [9.17, 15) is 5.11 Å². The van der Waals surface area contributed by atoms with Crippen LogP contribution < -0.4 is 0 Å². The molecule has 0 unspecified atom stereocenters. The Morgan fingerprint density at radius 3 is 2.06 bits per heavy atom. The van der Waals surface area contributed by atoms with Crippen molar-refractivity contribution in [3.8, 4) is 5.75 Å². The van der Waals surface area contributed by atoms with Crippen LogP contribution >= 0.6 is 0 Å². The lowest BCUT2D eigenvalue weighted by Gasteiger charge is -2.04. The molecule has 2 rings (SSSR count). The van der Waals surface area contributed by atoms with Crippen molar-refractivity contribution in [1.82, 2.24) is 0 Å². The molecule has 2 aromatic carbocycles. The van der Waals surface area contributed by atoms with Gasteiger partial charge >= 0.3 is 0 Å². The van der Waals surface area contributed by atoms with Gasteiger partial charge in [0.05, 0.1) is 5.69 Å². The number of phenols is 1. The minimum absolute atomic E-state index is 0.363. The van der Waals surface area contributed by atoms with E-state index in [-0.39, 0.29) is 0 Å². The van der Waals surface area contributed by atoms with Gasteiger partial charge in [0.2, 0.25) is 0 Å². The number of nitrogens with zero attached hydrogens (tertiary/aromatic N) is 1. The first kappa shape index (κ1) is 12.4. The van der Waals surface area contributed by atoms with E-state index in [1.807, 2.05) is 56.5 Å². The molecule has 0 aromatic heterocycles. The van der Waals surface area contributed by atoms with Gasteiger partial charge in [-0.25, -0.2) is 0 Å². The Morgan fingerprint density at radius 2 is 1.50 bits per heavy atom. The smallest absolute Gasteiger partial charge is 0.121 e. The molecule has 0 fully saturated rings. The van der Waals surface area contributed by atoms with Gasteiger partial charge in [-0.1, -0.05) is 17.7 Å². The van der Waals surface area contributed by atoms with Crippen LogP contribution in [0.5, 0.6) is 5.75 Å². The van der Waals surface area contributed by atoms with Gasteiger partial charge in [-0.3, -0.25) is 4.99 Å². The molecular formula is C16H17NO. The summed E-state index contributed by atoms with van der Waals surface area (Å²) in [5.41, 5.74) is 4.92. The number of hydrogen-bond acceptors (Lipinski definition) is 2. The average molecular weight is 239 g/mol. The van der Waals surface area contributed by atoms with Gasteiger partial charge < -0.3 is 5.11 Å². The first-order chi connectivity index (χ1) is 8.56. The highest BCUT2D eigenvalue weighted by Crippen LogP contribution is 2.22. The highest BCUT2D eigenvalue weighted by atomic mass is 16.3. The lowest BCUT2D eigenvalue weighted by Crippen LogP contribution is -1.87. The molecule has 0 radical (unpaired) electrons. The fourth-order valence-corrected chi connectivity index (χ4v) is 1.84. The van der Waals surface area contributed by atoms with Crippen LogP contribution in [0.25, 0.3) is 0 Å². The second-order valence-corrected chi connectivity index (χ2v) is 4.60. The van der Waals surface area contributed by atoms with E-state index in [0.29, 0.717) is 5.75 Å². The van der Waals surface area contributed by atoms with E-state index >= 15 is 0 Å². The summed E-state index contributed by atoms with van der Waals surface area (Å²) >= 11 is 0. The van der Waals surface area contributed by atoms with Crippen molar-refractivity contribution < 1.29 is 5.11 Å². The third kappa shape index (κ3) is 2.77. The molecular weight excluding hydrogens is 222 g/mol.